The molecule has 21 heavy (non-hydrogen) atoms. The summed E-state index contributed by atoms with van der Waals surface area (Å²) in [5.74, 6) is -7.31. The number of rotatable bonds is 5. The van der Waals surface area contributed by atoms with Gasteiger partial charge in [-0.3, -0.25) is 4.79 Å². The summed E-state index contributed by atoms with van der Waals surface area (Å²) in [4.78, 5) is 13.9. The maximum atomic E-state index is 13.7. The van der Waals surface area contributed by atoms with Gasteiger partial charge in [-0.05, 0) is 5.56 Å². The van der Waals surface area contributed by atoms with Crippen molar-refractivity contribution in [2.24, 2.45) is 0 Å². The number of aromatic nitrogens is 1. The fourth-order valence-corrected chi connectivity index (χ4v) is 1.97. The molecule has 0 atom stereocenters. The number of H-pyrrole nitrogens is 1. The van der Waals surface area contributed by atoms with Crippen LogP contribution < -0.4 is 5.32 Å². The molecule has 1 aromatic carbocycles. The van der Waals surface area contributed by atoms with E-state index in [1.807, 2.05) is 0 Å². The molecule has 114 valence electrons. The Morgan fingerprint density at radius 3 is 2.52 bits per heavy atom. The highest BCUT2D eigenvalue weighted by molar-refractivity contribution is 5.89. The van der Waals surface area contributed by atoms with E-state index in [1.54, 1.807) is 0 Å². The van der Waals surface area contributed by atoms with E-state index in [-0.39, 0.29) is 18.5 Å². The molecule has 2 rings (SSSR count). The predicted octanol–water partition coefficient (Wildman–Crippen LogP) is 2.03. The molecular formula is C13H12F4N2O2. The molecule has 8 heteroatoms. The number of hydrogen-bond donors (Lipinski definition) is 2. The number of aromatic amines is 1. The molecule has 0 saturated carbocycles. The van der Waals surface area contributed by atoms with Crippen LogP contribution in [-0.2, 0) is 16.0 Å². The Morgan fingerprint density at radius 2 is 1.86 bits per heavy atom. The van der Waals surface area contributed by atoms with E-state index >= 15 is 0 Å². The van der Waals surface area contributed by atoms with Crippen molar-refractivity contribution in [3.63, 3.8) is 0 Å². The van der Waals surface area contributed by atoms with Crippen molar-refractivity contribution in [3.05, 3.63) is 35.0 Å². The average molecular weight is 304 g/mol. The van der Waals surface area contributed by atoms with Crippen LogP contribution in [0, 0.1) is 23.3 Å². The largest absolute Gasteiger partial charge is 0.383 e. The number of amides is 1. The van der Waals surface area contributed by atoms with E-state index in [9.17, 15) is 22.4 Å². The first-order valence-corrected chi connectivity index (χ1v) is 6.04. The Hall–Kier alpha value is -2.09. The number of carbonyl (C=O) groups excluding carboxylic acids is 1. The number of methoxy groups -OCH3 is 1. The van der Waals surface area contributed by atoms with Crippen molar-refractivity contribution in [1.82, 2.24) is 10.3 Å². The van der Waals surface area contributed by atoms with E-state index in [4.69, 9.17) is 4.74 Å². The number of fused-ring (bicyclic) bond motifs is 1. The highest BCUT2D eigenvalue weighted by atomic mass is 19.2. The van der Waals surface area contributed by atoms with Gasteiger partial charge in [0.25, 0.3) is 0 Å². The first-order valence-electron chi connectivity index (χ1n) is 6.04. The van der Waals surface area contributed by atoms with Gasteiger partial charge in [-0.1, -0.05) is 0 Å². The first kappa shape index (κ1) is 15.3. The van der Waals surface area contributed by atoms with Gasteiger partial charge in [0.05, 0.1) is 18.5 Å². The minimum absolute atomic E-state index is 0.0372. The summed E-state index contributed by atoms with van der Waals surface area (Å²) in [6.07, 6.45) is 0.844. The first-order chi connectivity index (χ1) is 9.97. The lowest BCUT2D eigenvalue weighted by molar-refractivity contribution is -0.120. The third-order valence-corrected chi connectivity index (χ3v) is 2.96. The second-order valence-electron chi connectivity index (χ2n) is 4.34. The number of nitrogens with one attached hydrogen (secondary N) is 2. The van der Waals surface area contributed by atoms with Gasteiger partial charge < -0.3 is 15.0 Å². The normalized spacial score (nSPS) is 11.1. The zero-order chi connectivity index (χ0) is 15.6. The van der Waals surface area contributed by atoms with Crippen LogP contribution in [0.3, 0.4) is 0 Å². The monoisotopic (exact) mass is 304 g/mol. The SMILES string of the molecule is COCCNC(=O)Cc1c[nH]c2c(F)c(F)c(F)c(F)c12. The van der Waals surface area contributed by atoms with E-state index in [1.165, 1.54) is 7.11 Å². The van der Waals surface area contributed by atoms with Crippen LogP contribution in [0.25, 0.3) is 10.9 Å². The van der Waals surface area contributed by atoms with E-state index in [2.05, 4.69) is 10.3 Å². The second-order valence-corrected chi connectivity index (χ2v) is 4.34. The third kappa shape index (κ3) is 2.85. The Morgan fingerprint density at radius 1 is 1.19 bits per heavy atom. The summed E-state index contributed by atoms with van der Waals surface area (Å²) in [5, 5.41) is 2.02. The van der Waals surface area contributed by atoms with Gasteiger partial charge in [0.1, 0.15) is 0 Å². The maximum Gasteiger partial charge on any atom is 0.224 e. The smallest absolute Gasteiger partial charge is 0.224 e. The quantitative estimate of drug-likeness (QED) is 0.384. The summed E-state index contributed by atoms with van der Waals surface area (Å²) in [6, 6.07) is 0. The Balaban J connectivity index is 2.32. The molecule has 0 saturated heterocycles. The fraction of sp³-hybridized carbons (Fsp3) is 0.308. The van der Waals surface area contributed by atoms with Crippen molar-refractivity contribution < 1.29 is 27.1 Å². The van der Waals surface area contributed by atoms with Crippen LogP contribution in [0.4, 0.5) is 17.6 Å². The fourth-order valence-electron chi connectivity index (χ4n) is 1.97. The van der Waals surface area contributed by atoms with Gasteiger partial charge in [-0.2, -0.15) is 0 Å². The zero-order valence-corrected chi connectivity index (χ0v) is 11.0. The lowest BCUT2D eigenvalue weighted by Gasteiger charge is -2.05. The molecule has 0 fully saturated rings. The van der Waals surface area contributed by atoms with Crippen molar-refractivity contribution in [1.29, 1.82) is 0 Å². The van der Waals surface area contributed by atoms with Gasteiger partial charge >= 0.3 is 0 Å². The van der Waals surface area contributed by atoms with Crippen LogP contribution in [0.5, 0.6) is 0 Å². The van der Waals surface area contributed by atoms with Crippen molar-refractivity contribution in [3.8, 4) is 0 Å². The van der Waals surface area contributed by atoms with Crippen molar-refractivity contribution >= 4 is 16.8 Å². The Labute approximate surface area is 117 Å². The maximum absolute atomic E-state index is 13.7. The molecule has 0 spiro atoms. The lowest BCUT2D eigenvalue weighted by atomic mass is 10.1. The average Bonchev–Trinajstić information content (AvgIpc) is 2.87. The molecule has 0 aliphatic carbocycles. The van der Waals surface area contributed by atoms with Crippen LogP contribution in [0.15, 0.2) is 6.20 Å². The van der Waals surface area contributed by atoms with Crippen molar-refractivity contribution in [2.75, 3.05) is 20.3 Å². The number of ether oxygens (including phenoxy) is 1. The van der Waals surface area contributed by atoms with Gasteiger partial charge in [-0.25, -0.2) is 17.6 Å². The molecule has 0 unspecified atom stereocenters. The summed E-state index contributed by atoms with van der Waals surface area (Å²) in [7, 11) is 1.46. The molecule has 0 bridgehead atoms. The highest BCUT2D eigenvalue weighted by Crippen LogP contribution is 2.29. The van der Waals surface area contributed by atoms with Gasteiger partial charge in [0.15, 0.2) is 23.3 Å². The van der Waals surface area contributed by atoms with Crippen LogP contribution in [0.1, 0.15) is 5.56 Å². The van der Waals surface area contributed by atoms with Gasteiger partial charge in [-0.15, -0.1) is 0 Å². The number of benzene rings is 1. The molecular weight excluding hydrogens is 292 g/mol. The number of hydrogen-bond acceptors (Lipinski definition) is 2. The van der Waals surface area contributed by atoms with Gasteiger partial charge in [0, 0.05) is 25.2 Å². The standard InChI is InChI=1S/C13H12F4N2O2/c1-21-3-2-18-7(20)4-6-5-19-13-8(6)9(14)10(15)11(16)12(13)17/h5,19H,2-4H2,1H3,(H,18,20). The molecule has 2 aromatic rings. The van der Waals surface area contributed by atoms with E-state index in [0.717, 1.165) is 6.20 Å². The molecule has 1 heterocycles. The summed E-state index contributed by atoms with van der Waals surface area (Å²) >= 11 is 0. The minimum Gasteiger partial charge on any atom is -0.383 e. The van der Waals surface area contributed by atoms with Crippen LogP contribution in [-0.4, -0.2) is 31.2 Å². The highest BCUT2D eigenvalue weighted by Gasteiger charge is 2.24. The summed E-state index contributed by atoms with van der Waals surface area (Å²) in [6.45, 7) is 0.542. The Kier molecular flexibility index (Phi) is 4.46. The molecule has 0 aliphatic rings. The minimum atomic E-state index is -1.90. The molecule has 0 radical (unpaired) electrons. The zero-order valence-electron chi connectivity index (χ0n) is 11.0. The van der Waals surface area contributed by atoms with Crippen LogP contribution >= 0.6 is 0 Å². The molecule has 1 aromatic heterocycles. The Bertz CT molecular complexity index is 685. The lowest BCUT2D eigenvalue weighted by Crippen LogP contribution is -2.28. The summed E-state index contributed by atoms with van der Waals surface area (Å²) < 4.78 is 58.3. The summed E-state index contributed by atoms with van der Waals surface area (Å²) in [5.41, 5.74) is -0.471. The van der Waals surface area contributed by atoms with Crippen molar-refractivity contribution in [2.45, 2.75) is 6.42 Å². The molecule has 2 N–H and O–H groups in total. The number of carbonyl (C=O) groups is 1. The number of halogens is 4. The topological polar surface area (TPSA) is 54.1 Å². The van der Waals surface area contributed by atoms with Crippen LogP contribution in [0.2, 0.25) is 0 Å². The second kappa shape index (κ2) is 6.13. The van der Waals surface area contributed by atoms with E-state index in [0.29, 0.717) is 6.61 Å². The molecule has 0 aliphatic heterocycles. The van der Waals surface area contributed by atoms with E-state index < -0.39 is 40.1 Å². The predicted molar refractivity (Wildman–Crippen MR) is 66.7 cm³/mol. The molecule has 1 amide bonds. The van der Waals surface area contributed by atoms with Gasteiger partial charge in [0.2, 0.25) is 5.91 Å². The molecule has 4 nitrogen and oxygen atoms in total. The third-order valence-electron chi connectivity index (χ3n) is 2.96.